The molecule has 1 aliphatic carbocycles. The second-order valence-corrected chi connectivity index (χ2v) is 3.80. The van der Waals surface area contributed by atoms with Gasteiger partial charge in [-0.15, -0.1) is 0 Å². The fraction of sp³-hybridized carbons (Fsp3) is 0.556. The van der Waals surface area contributed by atoms with Crippen molar-refractivity contribution < 1.29 is 0 Å². The molecule has 3 nitrogen and oxygen atoms in total. The quantitative estimate of drug-likeness (QED) is 0.714. The Morgan fingerprint density at radius 1 is 1.42 bits per heavy atom. The van der Waals surface area contributed by atoms with Gasteiger partial charge in [0.05, 0.1) is 0 Å². The molecular formula is C9H13N3. The molecule has 1 aromatic heterocycles. The fourth-order valence-electron chi connectivity index (χ4n) is 1.38. The molecule has 12 heavy (non-hydrogen) atoms. The van der Waals surface area contributed by atoms with Gasteiger partial charge in [0.1, 0.15) is 6.33 Å². The van der Waals surface area contributed by atoms with Crippen LogP contribution >= 0.6 is 0 Å². The van der Waals surface area contributed by atoms with Crippen LogP contribution < -0.4 is 5.73 Å². The lowest BCUT2D eigenvalue weighted by atomic mass is 9.95. The van der Waals surface area contributed by atoms with Gasteiger partial charge in [0.2, 0.25) is 0 Å². The lowest BCUT2D eigenvalue weighted by Gasteiger charge is -2.17. The van der Waals surface area contributed by atoms with Gasteiger partial charge < -0.3 is 5.73 Å². The summed E-state index contributed by atoms with van der Waals surface area (Å²) < 4.78 is 0. The first kappa shape index (κ1) is 7.68. The molecule has 0 saturated heterocycles. The zero-order valence-electron chi connectivity index (χ0n) is 7.20. The number of hydrogen-bond donors (Lipinski definition) is 1. The van der Waals surface area contributed by atoms with Gasteiger partial charge in [0.25, 0.3) is 0 Å². The molecule has 0 bridgehead atoms. The Bertz CT molecular complexity index is 266. The molecule has 0 aromatic carbocycles. The third-order valence-corrected chi connectivity index (χ3v) is 2.73. The van der Waals surface area contributed by atoms with Crippen LogP contribution in [-0.4, -0.2) is 9.97 Å². The van der Waals surface area contributed by atoms with Gasteiger partial charge in [-0.05, 0) is 18.3 Å². The maximum atomic E-state index is 6.05. The number of hydrogen-bond acceptors (Lipinski definition) is 3. The van der Waals surface area contributed by atoms with Crippen molar-refractivity contribution in [2.24, 2.45) is 11.1 Å². The molecule has 1 fully saturated rings. The smallest absolute Gasteiger partial charge is 0.115 e. The number of rotatable bonds is 2. The van der Waals surface area contributed by atoms with E-state index in [1.54, 1.807) is 12.4 Å². The van der Waals surface area contributed by atoms with Gasteiger partial charge in [0.15, 0.2) is 0 Å². The predicted molar refractivity (Wildman–Crippen MR) is 46.3 cm³/mol. The first-order valence-corrected chi connectivity index (χ1v) is 4.23. The van der Waals surface area contributed by atoms with E-state index in [1.807, 2.05) is 0 Å². The van der Waals surface area contributed by atoms with Crippen molar-refractivity contribution >= 4 is 0 Å². The van der Waals surface area contributed by atoms with Gasteiger partial charge in [-0.2, -0.15) is 0 Å². The summed E-state index contributed by atoms with van der Waals surface area (Å²) in [7, 11) is 0. The Morgan fingerprint density at radius 2 is 2.00 bits per heavy atom. The Balaban J connectivity index is 2.20. The highest BCUT2D eigenvalue weighted by Gasteiger charge is 2.43. The standard InChI is InChI=1S/C9H13N3/c1-9(2-3-9)8(10)7-4-11-6-12-5-7/h4-6,8H,2-3,10H2,1H3. The van der Waals surface area contributed by atoms with Crippen LogP contribution in [0.15, 0.2) is 18.7 Å². The summed E-state index contributed by atoms with van der Waals surface area (Å²) in [6.07, 6.45) is 7.60. The molecule has 1 unspecified atom stereocenters. The van der Waals surface area contributed by atoms with Crippen LogP contribution in [0.4, 0.5) is 0 Å². The Morgan fingerprint density at radius 3 is 2.50 bits per heavy atom. The third kappa shape index (κ3) is 1.20. The molecule has 1 atom stereocenters. The van der Waals surface area contributed by atoms with E-state index in [0.29, 0.717) is 5.41 Å². The summed E-state index contributed by atoms with van der Waals surface area (Å²) in [6.45, 7) is 2.21. The van der Waals surface area contributed by atoms with E-state index in [-0.39, 0.29) is 6.04 Å². The van der Waals surface area contributed by atoms with Gasteiger partial charge in [-0.1, -0.05) is 6.92 Å². The molecule has 1 saturated carbocycles. The van der Waals surface area contributed by atoms with Crippen LogP contribution in [0.2, 0.25) is 0 Å². The topological polar surface area (TPSA) is 51.8 Å². The first-order valence-electron chi connectivity index (χ1n) is 4.23. The molecule has 0 aliphatic heterocycles. The summed E-state index contributed by atoms with van der Waals surface area (Å²) in [5.74, 6) is 0. The van der Waals surface area contributed by atoms with Crippen LogP contribution in [-0.2, 0) is 0 Å². The number of nitrogens with zero attached hydrogens (tertiary/aromatic N) is 2. The number of nitrogens with two attached hydrogens (primary N) is 1. The fourth-order valence-corrected chi connectivity index (χ4v) is 1.38. The van der Waals surface area contributed by atoms with Crippen LogP contribution in [0.5, 0.6) is 0 Å². The monoisotopic (exact) mass is 163 g/mol. The molecule has 1 aromatic rings. The summed E-state index contributed by atoms with van der Waals surface area (Å²) in [5, 5.41) is 0. The Hall–Kier alpha value is -0.960. The van der Waals surface area contributed by atoms with Gasteiger partial charge in [-0.3, -0.25) is 0 Å². The summed E-state index contributed by atoms with van der Waals surface area (Å²) >= 11 is 0. The SMILES string of the molecule is CC1(C(N)c2cncnc2)CC1. The zero-order chi connectivity index (χ0) is 8.60. The second-order valence-electron chi connectivity index (χ2n) is 3.80. The second kappa shape index (κ2) is 2.52. The van der Waals surface area contributed by atoms with Gasteiger partial charge in [0, 0.05) is 24.0 Å². The van der Waals surface area contributed by atoms with Crippen molar-refractivity contribution in [2.45, 2.75) is 25.8 Å². The van der Waals surface area contributed by atoms with E-state index in [2.05, 4.69) is 16.9 Å². The van der Waals surface area contributed by atoms with Crippen LogP contribution in [0.3, 0.4) is 0 Å². The molecule has 1 heterocycles. The minimum absolute atomic E-state index is 0.110. The molecular weight excluding hydrogens is 150 g/mol. The van der Waals surface area contributed by atoms with Crippen molar-refractivity contribution in [3.8, 4) is 0 Å². The number of aromatic nitrogens is 2. The highest BCUT2D eigenvalue weighted by Crippen LogP contribution is 2.52. The van der Waals surface area contributed by atoms with Crippen LogP contribution in [0.25, 0.3) is 0 Å². The van der Waals surface area contributed by atoms with Crippen molar-refractivity contribution in [3.05, 3.63) is 24.3 Å². The molecule has 3 heteroatoms. The normalized spacial score (nSPS) is 21.8. The highest BCUT2D eigenvalue weighted by molar-refractivity contribution is 5.16. The average molecular weight is 163 g/mol. The molecule has 0 spiro atoms. The van der Waals surface area contributed by atoms with E-state index >= 15 is 0 Å². The summed E-state index contributed by atoms with van der Waals surface area (Å²) in [5.41, 5.74) is 7.42. The largest absolute Gasteiger partial charge is 0.323 e. The van der Waals surface area contributed by atoms with E-state index < -0.39 is 0 Å². The Labute approximate surface area is 72.0 Å². The highest BCUT2D eigenvalue weighted by atomic mass is 14.8. The van der Waals surface area contributed by atoms with E-state index in [1.165, 1.54) is 19.2 Å². The maximum Gasteiger partial charge on any atom is 0.115 e. The van der Waals surface area contributed by atoms with E-state index in [9.17, 15) is 0 Å². The van der Waals surface area contributed by atoms with E-state index in [4.69, 9.17) is 5.73 Å². The van der Waals surface area contributed by atoms with Crippen molar-refractivity contribution in [2.75, 3.05) is 0 Å². The van der Waals surface area contributed by atoms with Crippen molar-refractivity contribution in [1.29, 1.82) is 0 Å². The van der Waals surface area contributed by atoms with Crippen LogP contribution in [0, 0.1) is 5.41 Å². The minimum atomic E-state index is 0.110. The third-order valence-electron chi connectivity index (χ3n) is 2.73. The van der Waals surface area contributed by atoms with Crippen LogP contribution in [0.1, 0.15) is 31.4 Å². The van der Waals surface area contributed by atoms with Gasteiger partial charge >= 0.3 is 0 Å². The minimum Gasteiger partial charge on any atom is -0.323 e. The first-order chi connectivity index (χ1) is 5.72. The predicted octanol–water partition coefficient (Wildman–Crippen LogP) is 1.28. The lowest BCUT2D eigenvalue weighted by Crippen LogP contribution is -2.20. The molecule has 0 radical (unpaired) electrons. The molecule has 2 rings (SSSR count). The summed E-state index contributed by atoms with van der Waals surface area (Å²) in [4.78, 5) is 7.91. The van der Waals surface area contributed by atoms with Crippen molar-refractivity contribution in [1.82, 2.24) is 9.97 Å². The molecule has 64 valence electrons. The molecule has 2 N–H and O–H groups in total. The van der Waals surface area contributed by atoms with Gasteiger partial charge in [-0.25, -0.2) is 9.97 Å². The molecule has 1 aliphatic rings. The average Bonchev–Trinajstić information content (AvgIpc) is 2.85. The Kier molecular flexibility index (Phi) is 1.61. The molecule has 0 amide bonds. The zero-order valence-corrected chi connectivity index (χ0v) is 7.20. The van der Waals surface area contributed by atoms with Crippen molar-refractivity contribution in [3.63, 3.8) is 0 Å². The lowest BCUT2D eigenvalue weighted by molar-refractivity contribution is 0.449. The van der Waals surface area contributed by atoms with E-state index in [0.717, 1.165) is 5.56 Å². The maximum absolute atomic E-state index is 6.05. The summed E-state index contributed by atoms with van der Waals surface area (Å²) in [6, 6.07) is 0.110.